The van der Waals surface area contributed by atoms with Gasteiger partial charge in [0.05, 0.1) is 16.0 Å². The molecular formula is C19H14BrN3O2S. The van der Waals surface area contributed by atoms with Crippen molar-refractivity contribution in [3.8, 4) is 21.7 Å². The fourth-order valence-corrected chi connectivity index (χ4v) is 3.91. The number of aryl methyl sites for hydroxylation is 1. The van der Waals surface area contributed by atoms with Gasteiger partial charge in [-0.25, -0.2) is 9.78 Å². The number of nitrogens with zero attached hydrogens (tertiary/aromatic N) is 3. The Hall–Kier alpha value is -2.51. The highest BCUT2D eigenvalue weighted by Crippen LogP contribution is 2.32. The summed E-state index contributed by atoms with van der Waals surface area (Å²) in [6, 6.07) is 13.6. The number of aromatic nitrogens is 3. The van der Waals surface area contributed by atoms with Crippen LogP contribution in [0.1, 0.15) is 0 Å². The zero-order chi connectivity index (χ0) is 18.4. The van der Waals surface area contributed by atoms with E-state index in [0.717, 1.165) is 30.7 Å². The fraction of sp³-hybridized carbons (Fsp3) is 0.105. The first kappa shape index (κ1) is 16.9. The van der Waals surface area contributed by atoms with Crippen molar-refractivity contribution in [1.82, 2.24) is 14.1 Å². The Balaban J connectivity index is 2.19. The molecule has 0 saturated carbocycles. The van der Waals surface area contributed by atoms with Crippen LogP contribution in [-0.2, 0) is 14.1 Å². The van der Waals surface area contributed by atoms with E-state index in [1.807, 2.05) is 47.8 Å². The van der Waals surface area contributed by atoms with Gasteiger partial charge in [0.15, 0.2) is 5.65 Å². The number of hydrogen-bond donors (Lipinski definition) is 0. The molecule has 0 bridgehead atoms. The van der Waals surface area contributed by atoms with Gasteiger partial charge in [0.25, 0.3) is 5.56 Å². The van der Waals surface area contributed by atoms with E-state index in [9.17, 15) is 9.59 Å². The van der Waals surface area contributed by atoms with Crippen LogP contribution in [-0.4, -0.2) is 14.1 Å². The largest absolute Gasteiger partial charge is 0.332 e. The number of rotatable bonds is 2. The minimum absolute atomic E-state index is 0.341. The van der Waals surface area contributed by atoms with E-state index in [0.29, 0.717) is 11.0 Å². The molecule has 4 aromatic rings. The Morgan fingerprint density at radius 2 is 1.77 bits per heavy atom. The molecule has 26 heavy (non-hydrogen) atoms. The zero-order valence-corrected chi connectivity index (χ0v) is 16.5. The van der Waals surface area contributed by atoms with Crippen LogP contribution in [0.4, 0.5) is 0 Å². The third-order valence-corrected chi connectivity index (χ3v) is 5.76. The van der Waals surface area contributed by atoms with Gasteiger partial charge in [0, 0.05) is 24.1 Å². The number of fused-ring (bicyclic) bond motifs is 1. The summed E-state index contributed by atoms with van der Waals surface area (Å²) < 4.78 is 3.51. The molecule has 3 aromatic heterocycles. The van der Waals surface area contributed by atoms with Gasteiger partial charge < -0.3 is 0 Å². The summed E-state index contributed by atoms with van der Waals surface area (Å²) in [5.41, 5.74) is 2.07. The lowest BCUT2D eigenvalue weighted by Gasteiger charge is -2.13. The standard InChI is InChI=1S/C19H14BrN3O2S/c1-22-17-16(18(24)23(2)19(22)25)13(11-5-7-12(20)8-6-11)10-14(21-17)15-4-3-9-26-15/h3-10H,1-2H3. The minimum atomic E-state index is -0.389. The smallest absolute Gasteiger partial charge is 0.280 e. The first-order valence-electron chi connectivity index (χ1n) is 7.88. The van der Waals surface area contributed by atoms with Gasteiger partial charge in [-0.2, -0.15) is 0 Å². The van der Waals surface area contributed by atoms with Crippen LogP contribution in [0.2, 0.25) is 0 Å². The van der Waals surface area contributed by atoms with E-state index < -0.39 is 0 Å². The van der Waals surface area contributed by atoms with Gasteiger partial charge in [-0.05, 0) is 35.2 Å². The molecule has 130 valence electrons. The normalized spacial score (nSPS) is 11.2. The molecule has 0 atom stereocenters. The third-order valence-electron chi connectivity index (χ3n) is 4.34. The Morgan fingerprint density at radius 3 is 2.42 bits per heavy atom. The average molecular weight is 428 g/mol. The molecule has 4 rings (SSSR count). The molecule has 0 amide bonds. The maximum Gasteiger partial charge on any atom is 0.332 e. The number of halogens is 1. The molecular weight excluding hydrogens is 414 g/mol. The predicted octanol–water partition coefficient (Wildman–Crippen LogP) is 3.79. The van der Waals surface area contributed by atoms with Gasteiger partial charge in [0.1, 0.15) is 0 Å². The summed E-state index contributed by atoms with van der Waals surface area (Å²) >= 11 is 5.01. The lowest BCUT2D eigenvalue weighted by molar-refractivity contribution is 0.708. The second-order valence-corrected chi connectivity index (χ2v) is 7.81. The average Bonchev–Trinajstić information content (AvgIpc) is 3.19. The molecule has 1 aromatic carbocycles. The second kappa shape index (κ2) is 6.34. The summed E-state index contributed by atoms with van der Waals surface area (Å²) in [6.45, 7) is 0. The highest BCUT2D eigenvalue weighted by atomic mass is 79.9. The van der Waals surface area contributed by atoms with Crippen molar-refractivity contribution in [2.45, 2.75) is 0 Å². The number of hydrogen-bond acceptors (Lipinski definition) is 4. The van der Waals surface area contributed by atoms with E-state index in [1.54, 1.807) is 18.4 Å². The molecule has 5 nitrogen and oxygen atoms in total. The van der Waals surface area contributed by atoms with E-state index in [2.05, 4.69) is 20.9 Å². The molecule has 0 N–H and O–H groups in total. The summed E-state index contributed by atoms with van der Waals surface area (Å²) in [5.74, 6) is 0. The lowest BCUT2D eigenvalue weighted by atomic mass is 10.0. The Labute approximate surface area is 161 Å². The molecule has 0 saturated heterocycles. The molecule has 0 radical (unpaired) electrons. The van der Waals surface area contributed by atoms with Crippen LogP contribution in [0, 0.1) is 0 Å². The van der Waals surface area contributed by atoms with Crippen molar-refractivity contribution in [3.05, 3.63) is 73.2 Å². The molecule has 7 heteroatoms. The molecule has 0 unspecified atom stereocenters. The van der Waals surface area contributed by atoms with Crippen molar-refractivity contribution in [3.63, 3.8) is 0 Å². The molecule has 0 spiro atoms. The van der Waals surface area contributed by atoms with E-state index in [1.165, 1.54) is 11.6 Å². The van der Waals surface area contributed by atoms with Crippen LogP contribution < -0.4 is 11.2 Å². The van der Waals surface area contributed by atoms with Crippen LogP contribution >= 0.6 is 27.3 Å². The van der Waals surface area contributed by atoms with Gasteiger partial charge in [-0.15, -0.1) is 11.3 Å². The zero-order valence-electron chi connectivity index (χ0n) is 14.1. The van der Waals surface area contributed by atoms with Crippen LogP contribution in [0.25, 0.3) is 32.7 Å². The van der Waals surface area contributed by atoms with Gasteiger partial charge in [-0.3, -0.25) is 13.9 Å². The van der Waals surface area contributed by atoms with Crippen molar-refractivity contribution < 1.29 is 0 Å². The highest BCUT2D eigenvalue weighted by Gasteiger charge is 2.17. The molecule has 0 aliphatic heterocycles. The Morgan fingerprint density at radius 1 is 1.04 bits per heavy atom. The fourth-order valence-electron chi connectivity index (χ4n) is 2.96. The first-order chi connectivity index (χ1) is 12.5. The topological polar surface area (TPSA) is 56.9 Å². The van der Waals surface area contributed by atoms with Crippen LogP contribution in [0.5, 0.6) is 0 Å². The number of pyridine rings is 1. The highest BCUT2D eigenvalue weighted by molar-refractivity contribution is 9.10. The Bertz CT molecular complexity index is 1240. The predicted molar refractivity (Wildman–Crippen MR) is 109 cm³/mol. The maximum absolute atomic E-state index is 12.9. The van der Waals surface area contributed by atoms with Gasteiger partial charge in [0.2, 0.25) is 0 Å². The molecule has 0 aliphatic rings. The monoisotopic (exact) mass is 427 g/mol. The minimum Gasteiger partial charge on any atom is -0.280 e. The van der Waals surface area contributed by atoms with Crippen LogP contribution in [0.15, 0.2) is 61.9 Å². The molecule has 0 aliphatic carbocycles. The Kier molecular flexibility index (Phi) is 4.13. The molecule has 3 heterocycles. The van der Waals surface area contributed by atoms with Crippen LogP contribution in [0.3, 0.4) is 0 Å². The maximum atomic E-state index is 12.9. The van der Waals surface area contributed by atoms with Crippen molar-refractivity contribution >= 4 is 38.3 Å². The van der Waals surface area contributed by atoms with Gasteiger partial charge >= 0.3 is 5.69 Å². The third kappa shape index (κ3) is 2.64. The summed E-state index contributed by atoms with van der Waals surface area (Å²) in [7, 11) is 3.13. The number of benzene rings is 1. The van der Waals surface area contributed by atoms with Crippen molar-refractivity contribution in [1.29, 1.82) is 0 Å². The van der Waals surface area contributed by atoms with E-state index in [4.69, 9.17) is 0 Å². The quantitative estimate of drug-likeness (QED) is 0.488. The van der Waals surface area contributed by atoms with Crippen molar-refractivity contribution in [2.24, 2.45) is 14.1 Å². The second-order valence-electron chi connectivity index (χ2n) is 5.94. The summed E-state index contributed by atoms with van der Waals surface area (Å²) in [5, 5.41) is 2.42. The van der Waals surface area contributed by atoms with Gasteiger partial charge in [-0.1, -0.05) is 34.1 Å². The van der Waals surface area contributed by atoms with E-state index >= 15 is 0 Å². The SMILES string of the molecule is Cn1c(=O)c2c(-c3ccc(Br)cc3)cc(-c3cccs3)nc2n(C)c1=O. The number of thiophene rings is 1. The van der Waals surface area contributed by atoms with Crippen molar-refractivity contribution in [2.75, 3.05) is 0 Å². The summed E-state index contributed by atoms with van der Waals surface area (Å²) in [4.78, 5) is 30.9. The lowest BCUT2D eigenvalue weighted by Crippen LogP contribution is -2.37. The first-order valence-corrected chi connectivity index (χ1v) is 9.55. The summed E-state index contributed by atoms with van der Waals surface area (Å²) in [6.07, 6.45) is 0. The van der Waals surface area contributed by atoms with E-state index in [-0.39, 0.29) is 11.2 Å². The molecule has 0 fully saturated rings.